The Balaban J connectivity index is 3.19. The van der Waals surface area contributed by atoms with E-state index >= 15 is 0 Å². The quantitative estimate of drug-likeness (QED) is 0.800. The second kappa shape index (κ2) is 5.14. The van der Waals surface area contributed by atoms with Crippen LogP contribution in [-0.4, -0.2) is 17.3 Å². The molecule has 1 aromatic carbocycles. The van der Waals surface area contributed by atoms with Gasteiger partial charge < -0.3 is 14.9 Å². The summed E-state index contributed by atoms with van der Waals surface area (Å²) in [7, 11) is 1.63. The molecule has 84 valence electrons. The molecule has 0 aliphatic heterocycles. The average Bonchev–Trinajstić information content (AvgIpc) is 2.20. The maximum absolute atomic E-state index is 9.85. The van der Waals surface area contributed by atoms with Gasteiger partial charge in [0.15, 0.2) is 0 Å². The van der Waals surface area contributed by atoms with E-state index in [4.69, 9.17) is 4.74 Å². The Morgan fingerprint density at radius 3 is 2.53 bits per heavy atom. The van der Waals surface area contributed by atoms with Crippen LogP contribution in [0, 0.1) is 0 Å². The summed E-state index contributed by atoms with van der Waals surface area (Å²) in [5, 5.41) is 19.4. The number of ether oxygens (including phenoxy) is 1. The molecule has 2 N–H and O–H groups in total. The minimum atomic E-state index is -0.660. The number of aliphatic hydroxyl groups excluding tert-OH is 1. The number of rotatable bonds is 4. The summed E-state index contributed by atoms with van der Waals surface area (Å²) >= 11 is 0. The number of hydrogen-bond donors (Lipinski definition) is 2. The van der Waals surface area contributed by atoms with Gasteiger partial charge in [0.25, 0.3) is 0 Å². The first kappa shape index (κ1) is 12.0. The standard InChI is InChI=1S/C12H18O3/c1-4-10-5-9(7-15-3)6-11(8(2)13)12(10)14/h5-6,8,13-14H,4,7H2,1-3H3. The first-order chi connectivity index (χ1) is 7.10. The van der Waals surface area contributed by atoms with Gasteiger partial charge in [0.2, 0.25) is 0 Å². The van der Waals surface area contributed by atoms with Crippen molar-refractivity contribution in [1.29, 1.82) is 0 Å². The summed E-state index contributed by atoms with van der Waals surface area (Å²) < 4.78 is 5.04. The lowest BCUT2D eigenvalue weighted by atomic mass is 9.99. The number of methoxy groups -OCH3 is 1. The van der Waals surface area contributed by atoms with Crippen molar-refractivity contribution in [3.63, 3.8) is 0 Å². The number of phenols is 1. The highest BCUT2D eigenvalue weighted by Crippen LogP contribution is 2.30. The summed E-state index contributed by atoms with van der Waals surface area (Å²) in [6.45, 7) is 4.11. The van der Waals surface area contributed by atoms with Crippen molar-refractivity contribution in [2.45, 2.75) is 33.0 Å². The Hall–Kier alpha value is -1.06. The van der Waals surface area contributed by atoms with E-state index < -0.39 is 6.10 Å². The van der Waals surface area contributed by atoms with Gasteiger partial charge in [0.1, 0.15) is 5.75 Å². The largest absolute Gasteiger partial charge is 0.507 e. The molecule has 0 radical (unpaired) electrons. The fourth-order valence-corrected chi connectivity index (χ4v) is 1.63. The minimum absolute atomic E-state index is 0.201. The molecule has 0 spiro atoms. The summed E-state index contributed by atoms with van der Waals surface area (Å²) in [5.41, 5.74) is 2.39. The van der Waals surface area contributed by atoms with Crippen molar-refractivity contribution in [2.75, 3.05) is 7.11 Å². The molecular weight excluding hydrogens is 192 g/mol. The number of aromatic hydroxyl groups is 1. The van der Waals surface area contributed by atoms with E-state index in [-0.39, 0.29) is 5.75 Å². The summed E-state index contributed by atoms with van der Waals surface area (Å²) in [4.78, 5) is 0. The van der Waals surface area contributed by atoms with E-state index in [9.17, 15) is 10.2 Å². The molecular formula is C12H18O3. The van der Waals surface area contributed by atoms with Crippen LogP contribution in [0.4, 0.5) is 0 Å². The second-order valence-corrected chi connectivity index (χ2v) is 3.66. The molecule has 1 atom stereocenters. The molecule has 0 heterocycles. The van der Waals surface area contributed by atoms with Crippen LogP contribution < -0.4 is 0 Å². The van der Waals surface area contributed by atoms with Gasteiger partial charge in [0.05, 0.1) is 12.7 Å². The third-order valence-electron chi connectivity index (χ3n) is 2.42. The van der Waals surface area contributed by atoms with Gasteiger partial charge in [-0.3, -0.25) is 0 Å². The Bertz CT molecular complexity index is 332. The predicted octanol–water partition coefficient (Wildman–Crippen LogP) is 2.15. The average molecular weight is 210 g/mol. The zero-order valence-corrected chi connectivity index (χ0v) is 9.45. The highest BCUT2D eigenvalue weighted by molar-refractivity contribution is 5.44. The fraction of sp³-hybridized carbons (Fsp3) is 0.500. The van der Waals surface area contributed by atoms with Gasteiger partial charge in [-0.25, -0.2) is 0 Å². The van der Waals surface area contributed by atoms with E-state index in [1.54, 1.807) is 20.1 Å². The van der Waals surface area contributed by atoms with Crippen molar-refractivity contribution < 1.29 is 14.9 Å². The van der Waals surface area contributed by atoms with Gasteiger partial charge in [-0.2, -0.15) is 0 Å². The van der Waals surface area contributed by atoms with Gasteiger partial charge in [0, 0.05) is 12.7 Å². The summed E-state index contributed by atoms with van der Waals surface area (Å²) in [6, 6.07) is 3.69. The van der Waals surface area contributed by atoms with E-state index in [0.717, 1.165) is 17.5 Å². The fourth-order valence-electron chi connectivity index (χ4n) is 1.63. The number of aliphatic hydroxyl groups is 1. The van der Waals surface area contributed by atoms with Crippen LogP contribution in [-0.2, 0) is 17.8 Å². The maximum Gasteiger partial charge on any atom is 0.124 e. The highest BCUT2D eigenvalue weighted by Gasteiger charge is 2.12. The van der Waals surface area contributed by atoms with Crippen LogP contribution in [0.3, 0.4) is 0 Å². The van der Waals surface area contributed by atoms with Gasteiger partial charge in [-0.1, -0.05) is 6.92 Å². The lowest BCUT2D eigenvalue weighted by Crippen LogP contribution is -1.99. The molecule has 0 saturated carbocycles. The normalized spacial score (nSPS) is 12.8. The Morgan fingerprint density at radius 1 is 1.40 bits per heavy atom. The first-order valence-electron chi connectivity index (χ1n) is 5.11. The summed E-state index contributed by atoms with van der Waals surface area (Å²) in [5.74, 6) is 0.201. The van der Waals surface area contributed by atoms with Gasteiger partial charge >= 0.3 is 0 Å². The Morgan fingerprint density at radius 2 is 2.07 bits per heavy atom. The van der Waals surface area contributed by atoms with E-state index in [1.165, 1.54) is 0 Å². The zero-order valence-electron chi connectivity index (χ0n) is 9.45. The second-order valence-electron chi connectivity index (χ2n) is 3.66. The topological polar surface area (TPSA) is 49.7 Å². The SMILES string of the molecule is CCc1cc(COC)cc(C(C)O)c1O. The molecule has 0 bridgehead atoms. The molecule has 0 saturated heterocycles. The van der Waals surface area contributed by atoms with Crippen LogP contribution in [0.15, 0.2) is 12.1 Å². The molecule has 0 aliphatic rings. The van der Waals surface area contributed by atoms with Gasteiger partial charge in [-0.05, 0) is 36.6 Å². The Labute approximate surface area is 90.3 Å². The van der Waals surface area contributed by atoms with Crippen LogP contribution in [0.5, 0.6) is 5.75 Å². The third kappa shape index (κ3) is 2.70. The number of hydrogen-bond acceptors (Lipinski definition) is 3. The van der Waals surface area contributed by atoms with Crippen molar-refractivity contribution in [1.82, 2.24) is 0 Å². The predicted molar refractivity (Wildman–Crippen MR) is 58.8 cm³/mol. The lowest BCUT2D eigenvalue weighted by molar-refractivity contribution is 0.181. The monoisotopic (exact) mass is 210 g/mol. The van der Waals surface area contributed by atoms with Crippen LogP contribution in [0.2, 0.25) is 0 Å². The molecule has 3 nitrogen and oxygen atoms in total. The molecule has 0 fully saturated rings. The van der Waals surface area contributed by atoms with Crippen LogP contribution in [0.1, 0.15) is 36.6 Å². The molecule has 1 aromatic rings. The zero-order chi connectivity index (χ0) is 11.4. The number of phenolic OH excluding ortho intramolecular Hbond substituents is 1. The minimum Gasteiger partial charge on any atom is -0.507 e. The highest BCUT2D eigenvalue weighted by atomic mass is 16.5. The Kier molecular flexibility index (Phi) is 4.12. The third-order valence-corrected chi connectivity index (χ3v) is 2.42. The number of aryl methyl sites for hydroxylation is 1. The summed E-state index contributed by atoms with van der Waals surface area (Å²) in [6.07, 6.45) is 0.0791. The van der Waals surface area contributed by atoms with Crippen LogP contribution in [0.25, 0.3) is 0 Å². The van der Waals surface area contributed by atoms with Crippen molar-refractivity contribution >= 4 is 0 Å². The molecule has 15 heavy (non-hydrogen) atoms. The number of benzene rings is 1. The van der Waals surface area contributed by atoms with Crippen LogP contribution >= 0.6 is 0 Å². The van der Waals surface area contributed by atoms with E-state index in [1.807, 2.05) is 13.0 Å². The first-order valence-corrected chi connectivity index (χ1v) is 5.11. The molecule has 1 rings (SSSR count). The van der Waals surface area contributed by atoms with Gasteiger partial charge in [-0.15, -0.1) is 0 Å². The molecule has 0 aliphatic carbocycles. The van der Waals surface area contributed by atoms with E-state index in [2.05, 4.69) is 0 Å². The molecule has 0 amide bonds. The molecule has 1 unspecified atom stereocenters. The maximum atomic E-state index is 9.85. The van der Waals surface area contributed by atoms with E-state index in [0.29, 0.717) is 12.2 Å². The molecule has 0 aromatic heterocycles. The van der Waals surface area contributed by atoms with Crippen molar-refractivity contribution in [3.8, 4) is 5.75 Å². The molecule has 3 heteroatoms. The van der Waals surface area contributed by atoms with Crippen molar-refractivity contribution in [3.05, 3.63) is 28.8 Å². The lowest BCUT2D eigenvalue weighted by Gasteiger charge is -2.13. The van der Waals surface area contributed by atoms with Crippen molar-refractivity contribution in [2.24, 2.45) is 0 Å². The smallest absolute Gasteiger partial charge is 0.124 e.